The van der Waals surface area contributed by atoms with E-state index in [1.54, 1.807) is 0 Å². The van der Waals surface area contributed by atoms with Crippen LogP contribution >= 0.6 is 0 Å². The summed E-state index contributed by atoms with van der Waals surface area (Å²) in [5.74, 6) is -0.0141. The van der Waals surface area contributed by atoms with Crippen molar-refractivity contribution in [3.63, 3.8) is 0 Å². The Hall–Kier alpha value is -2.04. The lowest BCUT2D eigenvalue weighted by Crippen LogP contribution is -2.56. The zero-order valence-corrected chi connectivity index (χ0v) is 14.7. The molecule has 0 radical (unpaired) electrons. The highest BCUT2D eigenvalue weighted by atomic mass is 16.7. The fourth-order valence-corrected chi connectivity index (χ4v) is 6.34. The molecule has 6 rings (SSSR count). The molecule has 2 saturated carbocycles. The molecule has 4 atom stereocenters. The molecule has 2 aliphatic carbocycles. The largest absolute Gasteiger partial charge is 0.343 e. The van der Waals surface area contributed by atoms with E-state index in [9.17, 15) is 0 Å². The average Bonchev–Trinajstić information content (AvgIpc) is 3.47. The van der Waals surface area contributed by atoms with E-state index in [0.717, 1.165) is 12.8 Å². The second kappa shape index (κ2) is 5.02. The topological polar surface area (TPSA) is 43.2 Å². The SMILES string of the molecule is c1ccc(C23N=NC(c4ccccc4)(C4CCCC42)C32OCCO2)cc1. The number of hydrogen-bond acceptors (Lipinski definition) is 4. The second-order valence-electron chi connectivity index (χ2n) is 7.92. The van der Waals surface area contributed by atoms with Crippen molar-refractivity contribution >= 4 is 0 Å². The maximum Gasteiger partial charge on any atom is 0.232 e. The van der Waals surface area contributed by atoms with E-state index in [1.165, 1.54) is 17.5 Å². The zero-order valence-electron chi connectivity index (χ0n) is 14.7. The van der Waals surface area contributed by atoms with Crippen LogP contribution in [0.4, 0.5) is 0 Å². The van der Waals surface area contributed by atoms with Crippen LogP contribution in [0.25, 0.3) is 0 Å². The monoisotopic (exact) mass is 346 g/mol. The molecule has 4 unspecified atom stereocenters. The Morgan fingerprint density at radius 2 is 1.15 bits per heavy atom. The van der Waals surface area contributed by atoms with Gasteiger partial charge < -0.3 is 9.47 Å². The maximum atomic E-state index is 6.53. The minimum Gasteiger partial charge on any atom is -0.343 e. The van der Waals surface area contributed by atoms with Crippen molar-refractivity contribution in [2.75, 3.05) is 13.2 Å². The predicted octanol–water partition coefficient (Wildman–Crippen LogP) is 4.42. The molecule has 4 nitrogen and oxygen atoms in total. The van der Waals surface area contributed by atoms with E-state index in [-0.39, 0.29) is 0 Å². The molecule has 2 aliphatic heterocycles. The minimum absolute atomic E-state index is 0.403. The normalized spacial score (nSPS) is 38.9. The summed E-state index contributed by atoms with van der Waals surface area (Å²) in [6, 6.07) is 21.2. The van der Waals surface area contributed by atoms with Crippen molar-refractivity contribution in [2.45, 2.75) is 36.1 Å². The van der Waals surface area contributed by atoms with Crippen LogP contribution in [0.15, 0.2) is 70.9 Å². The first-order valence-corrected chi connectivity index (χ1v) is 9.68. The first-order chi connectivity index (χ1) is 12.9. The van der Waals surface area contributed by atoms with Crippen LogP contribution in [0.2, 0.25) is 0 Å². The van der Waals surface area contributed by atoms with Crippen LogP contribution in [0.5, 0.6) is 0 Å². The number of rotatable bonds is 2. The van der Waals surface area contributed by atoms with Crippen molar-refractivity contribution in [1.82, 2.24) is 0 Å². The molecule has 3 fully saturated rings. The van der Waals surface area contributed by atoms with Gasteiger partial charge in [-0.2, -0.15) is 10.2 Å². The van der Waals surface area contributed by atoms with Gasteiger partial charge in [0, 0.05) is 11.8 Å². The molecule has 26 heavy (non-hydrogen) atoms. The number of fused-ring (bicyclic) bond motifs is 3. The fraction of sp³-hybridized carbons (Fsp3) is 0.455. The van der Waals surface area contributed by atoms with Gasteiger partial charge >= 0.3 is 0 Å². The number of hydrogen-bond donors (Lipinski definition) is 0. The Kier molecular flexibility index (Phi) is 2.91. The highest BCUT2D eigenvalue weighted by Gasteiger charge is 2.85. The summed E-state index contributed by atoms with van der Waals surface area (Å²) >= 11 is 0. The standard InChI is InChI=1S/C22H22N2O2/c1-3-8-16(9-4-1)20-18-12-7-13-19(18)21(24-23-20,17-10-5-2-6-11-17)22(20)25-14-15-26-22/h1-6,8-11,18-19H,7,12-15H2. The molecule has 1 spiro atoms. The maximum absolute atomic E-state index is 6.53. The fourth-order valence-electron chi connectivity index (χ4n) is 6.34. The molecule has 132 valence electrons. The van der Waals surface area contributed by atoms with Gasteiger partial charge in [-0.3, -0.25) is 0 Å². The average molecular weight is 346 g/mol. The zero-order chi connectivity index (χ0) is 17.2. The minimum atomic E-state index is -0.821. The van der Waals surface area contributed by atoms with Crippen LogP contribution < -0.4 is 0 Å². The van der Waals surface area contributed by atoms with Crippen molar-refractivity contribution in [1.29, 1.82) is 0 Å². The van der Waals surface area contributed by atoms with Crippen molar-refractivity contribution < 1.29 is 9.47 Å². The Morgan fingerprint density at radius 1 is 0.692 bits per heavy atom. The lowest BCUT2D eigenvalue weighted by atomic mass is 9.74. The molecule has 0 aromatic heterocycles. The van der Waals surface area contributed by atoms with Crippen LogP contribution in [-0.4, -0.2) is 19.0 Å². The van der Waals surface area contributed by atoms with Gasteiger partial charge in [-0.1, -0.05) is 67.1 Å². The number of azo groups is 1. The number of ether oxygens (including phenoxy) is 2. The summed E-state index contributed by atoms with van der Waals surface area (Å²) in [4.78, 5) is 0. The second-order valence-corrected chi connectivity index (χ2v) is 7.92. The number of nitrogens with zero attached hydrogens (tertiary/aromatic N) is 2. The van der Waals surface area contributed by atoms with Crippen LogP contribution in [0, 0.1) is 11.8 Å². The van der Waals surface area contributed by atoms with E-state index in [2.05, 4.69) is 60.7 Å². The summed E-state index contributed by atoms with van der Waals surface area (Å²) in [7, 11) is 0. The molecule has 2 bridgehead atoms. The molecule has 2 aromatic rings. The van der Waals surface area contributed by atoms with Crippen molar-refractivity contribution in [2.24, 2.45) is 22.1 Å². The third kappa shape index (κ3) is 1.44. The molecular weight excluding hydrogens is 324 g/mol. The van der Waals surface area contributed by atoms with Gasteiger partial charge in [0.15, 0.2) is 11.1 Å². The summed E-state index contributed by atoms with van der Waals surface area (Å²) in [6.07, 6.45) is 3.53. The molecule has 4 aliphatic rings. The van der Waals surface area contributed by atoms with Gasteiger partial charge in [0.1, 0.15) is 0 Å². The van der Waals surface area contributed by atoms with Crippen LogP contribution in [0.1, 0.15) is 30.4 Å². The van der Waals surface area contributed by atoms with Gasteiger partial charge in [-0.05, 0) is 24.0 Å². The molecular formula is C22H22N2O2. The van der Waals surface area contributed by atoms with E-state index >= 15 is 0 Å². The molecule has 1 saturated heterocycles. The van der Waals surface area contributed by atoms with Gasteiger partial charge in [0.25, 0.3) is 0 Å². The van der Waals surface area contributed by atoms with Crippen molar-refractivity contribution in [3.8, 4) is 0 Å². The summed E-state index contributed by atoms with van der Waals surface area (Å²) in [5.41, 5.74) is 1.28. The molecule has 2 aromatic carbocycles. The van der Waals surface area contributed by atoms with E-state index in [4.69, 9.17) is 19.7 Å². The molecule has 0 N–H and O–H groups in total. The van der Waals surface area contributed by atoms with E-state index in [0.29, 0.717) is 25.0 Å². The van der Waals surface area contributed by atoms with E-state index in [1.807, 2.05) is 0 Å². The molecule has 2 heterocycles. The first kappa shape index (κ1) is 15.1. The Balaban J connectivity index is 1.68. The van der Waals surface area contributed by atoms with Gasteiger partial charge in [-0.15, -0.1) is 0 Å². The highest BCUT2D eigenvalue weighted by molar-refractivity contribution is 5.46. The molecule has 0 amide bonds. The van der Waals surface area contributed by atoms with Crippen molar-refractivity contribution in [3.05, 3.63) is 71.8 Å². The van der Waals surface area contributed by atoms with Gasteiger partial charge in [-0.25, -0.2) is 0 Å². The Bertz CT molecular complexity index is 797. The molecule has 4 heteroatoms. The third-order valence-electron chi connectivity index (χ3n) is 7.08. The third-order valence-corrected chi connectivity index (χ3v) is 7.08. The summed E-state index contributed by atoms with van der Waals surface area (Å²) in [6.45, 7) is 1.21. The Labute approximate surface area is 153 Å². The predicted molar refractivity (Wildman–Crippen MR) is 96.6 cm³/mol. The quantitative estimate of drug-likeness (QED) is 0.808. The lowest BCUT2D eigenvalue weighted by molar-refractivity contribution is -0.222. The Morgan fingerprint density at radius 3 is 1.62 bits per heavy atom. The van der Waals surface area contributed by atoms with Crippen LogP contribution in [0.3, 0.4) is 0 Å². The first-order valence-electron chi connectivity index (χ1n) is 9.68. The lowest BCUT2D eigenvalue weighted by Gasteiger charge is -2.42. The van der Waals surface area contributed by atoms with E-state index < -0.39 is 16.9 Å². The number of benzene rings is 2. The smallest absolute Gasteiger partial charge is 0.232 e. The van der Waals surface area contributed by atoms with Crippen LogP contribution in [-0.2, 0) is 20.6 Å². The van der Waals surface area contributed by atoms with Gasteiger partial charge in [0.2, 0.25) is 5.79 Å². The van der Waals surface area contributed by atoms with Gasteiger partial charge in [0.05, 0.1) is 13.2 Å². The summed E-state index contributed by atoms with van der Waals surface area (Å²) in [5, 5.41) is 10.0. The highest BCUT2D eigenvalue weighted by Crippen LogP contribution is 2.75. The summed E-state index contributed by atoms with van der Waals surface area (Å²) < 4.78 is 13.1.